The van der Waals surface area contributed by atoms with Crippen molar-refractivity contribution in [3.05, 3.63) is 83.2 Å². The first-order valence-electron chi connectivity index (χ1n) is 7.96. The van der Waals surface area contributed by atoms with Crippen LogP contribution in [-0.4, -0.2) is 17.6 Å². The average molecular weight is 319 g/mol. The van der Waals surface area contributed by atoms with Gasteiger partial charge in [-0.2, -0.15) is 0 Å². The fourth-order valence-electron chi connectivity index (χ4n) is 2.84. The third kappa shape index (κ3) is 2.91. The zero-order chi connectivity index (χ0) is 16.4. The number of ether oxygens (including phenoxy) is 2. The number of aromatic amines is 1. The predicted octanol–water partition coefficient (Wildman–Crippen LogP) is 3.76. The maximum absolute atomic E-state index is 12.6. The number of aromatic nitrogens is 1. The molecule has 24 heavy (non-hydrogen) atoms. The molecule has 4 nitrogen and oxygen atoms in total. The fourth-order valence-corrected chi connectivity index (χ4v) is 2.84. The Labute approximate surface area is 140 Å². The van der Waals surface area contributed by atoms with Crippen LogP contribution >= 0.6 is 0 Å². The first kappa shape index (κ1) is 14.6. The summed E-state index contributed by atoms with van der Waals surface area (Å²) < 4.78 is 10.6. The van der Waals surface area contributed by atoms with Crippen LogP contribution in [0.5, 0.6) is 11.5 Å². The van der Waals surface area contributed by atoms with Gasteiger partial charge in [0.25, 0.3) is 0 Å². The van der Waals surface area contributed by atoms with E-state index in [1.165, 1.54) is 5.56 Å². The van der Waals surface area contributed by atoms with E-state index in [1.807, 2.05) is 30.3 Å². The summed E-state index contributed by atoms with van der Waals surface area (Å²) in [7, 11) is 0. The second kappa shape index (κ2) is 6.24. The van der Waals surface area contributed by atoms with Crippen LogP contribution in [0.15, 0.2) is 60.7 Å². The molecule has 0 spiro atoms. The summed E-state index contributed by atoms with van der Waals surface area (Å²) in [6, 6.07) is 19.4. The number of hydrogen-bond acceptors (Lipinski definition) is 3. The van der Waals surface area contributed by atoms with Crippen LogP contribution in [0.3, 0.4) is 0 Å². The van der Waals surface area contributed by atoms with Gasteiger partial charge in [0.15, 0.2) is 11.5 Å². The van der Waals surface area contributed by atoms with Gasteiger partial charge in [0.1, 0.15) is 0 Å². The lowest BCUT2D eigenvalue weighted by atomic mass is 10.1. The molecule has 0 fully saturated rings. The fraction of sp³-hybridized carbons (Fsp3) is 0.150. The first-order valence-corrected chi connectivity index (χ1v) is 7.96. The number of benzene rings is 2. The maximum atomic E-state index is 12.6. The zero-order valence-corrected chi connectivity index (χ0v) is 13.1. The molecule has 0 amide bonds. The Morgan fingerprint density at radius 3 is 2.62 bits per heavy atom. The Morgan fingerprint density at radius 2 is 1.75 bits per heavy atom. The minimum absolute atomic E-state index is 0.0424. The Balaban J connectivity index is 1.47. The molecular weight excluding hydrogens is 302 g/mol. The van der Waals surface area contributed by atoms with E-state index in [0.717, 1.165) is 18.5 Å². The molecule has 0 unspecified atom stereocenters. The minimum atomic E-state index is -0.0424. The van der Waals surface area contributed by atoms with Crippen molar-refractivity contribution >= 4 is 5.78 Å². The summed E-state index contributed by atoms with van der Waals surface area (Å²) in [5, 5.41) is 0. The van der Waals surface area contributed by atoms with Gasteiger partial charge in [0.2, 0.25) is 12.6 Å². The number of fused-ring (bicyclic) bond motifs is 1. The van der Waals surface area contributed by atoms with Gasteiger partial charge in [0, 0.05) is 11.3 Å². The highest BCUT2D eigenvalue weighted by molar-refractivity contribution is 6.08. The number of ketones is 1. The summed E-state index contributed by atoms with van der Waals surface area (Å²) in [4.78, 5) is 15.8. The Bertz CT molecular complexity index is 868. The number of carbonyl (C=O) groups is 1. The lowest BCUT2D eigenvalue weighted by Gasteiger charge is -2.02. The Morgan fingerprint density at radius 1 is 0.917 bits per heavy atom. The molecule has 0 bridgehead atoms. The van der Waals surface area contributed by atoms with Crippen molar-refractivity contribution in [3.63, 3.8) is 0 Å². The van der Waals surface area contributed by atoms with Crippen LogP contribution < -0.4 is 9.47 Å². The van der Waals surface area contributed by atoms with Crippen LogP contribution in [0, 0.1) is 0 Å². The summed E-state index contributed by atoms with van der Waals surface area (Å²) in [5.41, 5.74) is 3.53. The van der Waals surface area contributed by atoms with Gasteiger partial charge < -0.3 is 14.5 Å². The second-order valence-electron chi connectivity index (χ2n) is 5.78. The molecule has 2 heterocycles. The number of hydrogen-bond donors (Lipinski definition) is 1. The topological polar surface area (TPSA) is 51.3 Å². The molecule has 0 aliphatic carbocycles. The molecule has 1 N–H and O–H groups in total. The van der Waals surface area contributed by atoms with E-state index in [0.29, 0.717) is 22.8 Å². The first-order chi connectivity index (χ1) is 11.8. The third-order valence-electron chi connectivity index (χ3n) is 4.15. The molecule has 0 saturated carbocycles. The van der Waals surface area contributed by atoms with Gasteiger partial charge in [-0.3, -0.25) is 4.79 Å². The molecule has 1 aromatic heterocycles. The molecule has 4 heteroatoms. The number of rotatable bonds is 5. The van der Waals surface area contributed by atoms with Gasteiger partial charge >= 0.3 is 0 Å². The van der Waals surface area contributed by atoms with Crippen molar-refractivity contribution in [2.45, 2.75) is 12.8 Å². The van der Waals surface area contributed by atoms with Crippen molar-refractivity contribution in [3.8, 4) is 11.5 Å². The Hall–Kier alpha value is -3.01. The highest BCUT2D eigenvalue weighted by atomic mass is 16.7. The molecule has 0 atom stereocenters. The molecule has 4 rings (SSSR count). The van der Waals surface area contributed by atoms with E-state index in [2.05, 4.69) is 17.1 Å². The normalized spacial score (nSPS) is 12.3. The highest BCUT2D eigenvalue weighted by Gasteiger charge is 2.18. The summed E-state index contributed by atoms with van der Waals surface area (Å²) in [5.74, 6) is 1.26. The molecular formula is C20H17NO3. The molecule has 0 saturated heterocycles. The second-order valence-corrected chi connectivity index (χ2v) is 5.78. The van der Waals surface area contributed by atoms with E-state index >= 15 is 0 Å². The van der Waals surface area contributed by atoms with E-state index < -0.39 is 0 Å². The molecule has 2 aromatic carbocycles. The lowest BCUT2D eigenvalue weighted by molar-refractivity contribution is 0.103. The molecule has 0 radical (unpaired) electrons. The monoisotopic (exact) mass is 319 g/mol. The smallest absolute Gasteiger partial charge is 0.231 e. The van der Waals surface area contributed by atoms with Crippen molar-refractivity contribution in [1.82, 2.24) is 4.98 Å². The average Bonchev–Trinajstić information content (AvgIpc) is 3.29. The lowest BCUT2D eigenvalue weighted by Crippen LogP contribution is -2.02. The number of nitrogens with one attached hydrogen (secondary N) is 1. The van der Waals surface area contributed by atoms with Crippen molar-refractivity contribution < 1.29 is 14.3 Å². The summed E-state index contributed by atoms with van der Waals surface area (Å²) in [6.07, 6.45) is 1.82. The van der Waals surface area contributed by atoms with Crippen LogP contribution in [-0.2, 0) is 12.8 Å². The minimum Gasteiger partial charge on any atom is -0.454 e. The van der Waals surface area contributed by atoms with E-state index in [9.17, 15) is 4.79 Å². The van der Waals surface area contributed by atoms with Gasteiger partial charge in [-0.1, -0.05) is 30.3 Å². The molecule has 1 aliphatic heterocycles. The highest BCUT2D eigenvalue weighted by Crippen LogP contribution is 2.33. The van der Waals surface area contributed by atoms with E-state index in [-0.39, 0.29) is 12.6 Å². The maximum Gasteiger partial charge on any atom is 0.231 e. The number of carbonyl (C=O) groups excluding carboxylic acids is 1. The summed E-state index contributed by atoms with van der Waals surface area (Å²) >= 11 is 0. The van der Waals surface area contributed by atoms with Gasteiger partial charge in [-0.25, -0.2) is 0 Å². The van der Waals surface area contributed by atoms with Crippen LogP contribution in [0.25, 0.3) is 0 Å². The van der Waals surface area contributed by atoms with Crippen molar-refractivity contribution in [2.75, 3.05) is 6.79 Å². The van der Waals surface area contributed by atoms with Gasteiger partial charge in [-0.15, -0.1) is 0 Å². The SMILES string of the molecule is O=C(c1ccc2c(c1)OCO2)c1ccc(CCc2ccccc2)[nH]1. The van der Waals surface area contributed by atoms with Crippen LogP contribution in [0.2, 0.25) is 0 Å². The zero-order valence-electron chi connectivity index (χ0n) is 13.1. The molecule has 120 valence electrons. The van der Waals surface area contributed by atoms with Gasteiger partial charge in [-0.05, 0) is 48.7 Å². The van der Waals surface area contributed by atoms with Crippen molar-refractivity contribution in [2.24, 2.45) is 0 Å². The largest absolute Gasteiger partial charge is 0.454 e. The van der Waals surface area contributed by atoms with E-state index in [1.54, 1.807) is 18.2 Å². The summed E-state index contributed by atoms with van der Waals surface area (Å²) in [6.45, 7) is 0.207. The van der Waals surface area contributed by atoms with E-state index in [4.69, 9.17) is 9.47 Å². The number of H-pyrrole nitrogens is 1. The van der Waals surface area contributed by atoms with Crippen molar-refractivity contribution in [1.29, 1.82) is 0 Å². The van der Waals surface area contributed by atoms with Crippen LogP contribution in [0.4, 0.5) is 0 Å². The quantitative estimate of drug-likeness (QED) is 0.729. The standard InChI is InChI=1S/C20H17NO3/c22-20(15-7-11-18-19(12-15)24-13-23-18)17-10-9-16(21-17)8-6-14-4-2-1-3-5-14/h1-5,7,9-12,21H,6,8,13H2. The Kier molecular flexibility index (Phi) is 3.79. The van der Waals surface area contributed by atoms with Gasteiger partial charge in [0.05, 0.1) is 5.69 Å². The molecule has 1 aliphatic rings. The molecule has 3 aromatic rings. The predicted molar refractivity (Wildman–Crippen MR) is 90.6 cm³/mol. The van der Waals surface area contributed by atoms with Crippen LogP contribution in [0.1, 0.15) is 27.3 Å². The number of aryl methyl sites for hydroxylation is 2. The third-order valence-corrected chi connectivity index (χ3v) is 4.15.